The third kappa shape index (κ3) is 4.21. The van der Waals surface area contributed by atoms with E-state index in [1.165, 1.54) is 11.3 Å². The van der Waals surface area contributed by atoms with E-state index in [1.54, 1.807) is 17.8 Å². The van der Waals surface area contributed by atoms with Crippen LogP contribution in [0.5, 0.6) is 0 Å². The Morgan fingerprint density at radius 3 is 2.50 bits per heavy atom. The minimum absolute atomic E-state index is 0.0216. The Morgan fingerprint density at radius 1 is 1.35 bits per heavy atom. The minimum atomic E-state index is -3.43. The normalized spacial score (nSPS) is 12.8. The topological polar surface area (TPSA) is 58.2 Å². The average Bonchev–Trinajstić information content (AvgIpc) is 2.91. The summed E-state index contributed by atoms with van der Waals surface area (Å²) < 4.78 is 27.6. The van der Waals surface area contributed by atoms with Gasteiger partial charge in [0.05, 0.1) is 4.90 Å². The highest BCUT2D eigenvalue weighted by molar-refractivity contribution is 8.00. The maximum absolute atomic E-state index is 12.4. The Kier molecular flexibility index (Phi) is 7.00. The zero-order valence-corrected chi connectivity index (χ0v) is 15.0. The second kappa shape index (κ2) is 7.79. The predicted molar refractivity (Wildman–Crippen MR) is 89.1 cm³/mol. The minimum Gasteiger partial charge on any atom is -0.315 e. The van der Waals surface area contributed by atoms with Crippen LogP contribution in [0.15, 0.2) is 16.3 Å². The largest absolute Gasteiger partial charge is 0.315 e. The zero-order chi connectivity index (χ0) is 15.2. The van der Waals surface area contributed by atoms with Crippen molar-refractivity contribution in [2.45, 2.75) is 42.9 Å². The Hall–Kier alpha value is -0.0800. The maximum Gasteiger partial charge on any atom is 0.241 e. The van der Waals surface area contributed by atoms with Crippen molar-refractivity contribution in [3.63, 3.8) is 0 Å². The quantitative estimate of drug-likeness (QED) is 0.728. The van der Waals surface area contributed by atoms with E-state index in [2.05, 4.69) is 23.9 Å². The van der Waals surface area contributed by atoms with Crippen LogP contribution in [0.4, 0.5) is 0 Å². The van der Waals surface area contributed by atoms with Crippen LogP contribution in [0.2, 0.25) is 0 Å². The highest BCUT2D eigenvalue weighted by Crippen LogP contribution is 2.30. The lowest BCUT2D eigenvalue weighted by atomic mass is 10.0. The van der Waals surface area contributed by atoms with Crippen molar-refractivity contribution in [3.05, 3.63) is 16.3 Å². The molecule has 0 aliphatic carbocycles. The van der Waals surface area contributed by atoms with E-state index in [0.717, 1.165) is 17.7 Å². The first-order valence-electron chi connectivity index (χ1n) is 6.70. The van der Waals surface area contributed by atoms with Crippen molar-refractivity contribution in [2.24, 2.45) is 0 Å². The van der Waals surface area contributed by atoms with Gasteiger partial charge in [0, 0.05) is 22.7 Å². The molecule has 0 saturated heterocycles. The zero-order valence-electron chi connectivity index (χ0n) is 12.5. The summed E-state index contributed by atoms with van der Waals surface area (Å²) in [7, 11) is -1.61. The predicted octanol–water partition coefficient (Wildman–Crippen LogP) is 2.67. The second-order valence-electron chi connectivity index (χ2n) is 4.66. The van der Waals surface area contributed by atoms with Crippen molar-refractivity contribution in [2.75, 3.05) is 19.8 Å². The van der Waals surface area contributed by atoms with Crippen molar-refractivity contribution < 1.29 is 8.42 Å². The molecule has 0 bridgehead atoms. The third-order valence-corrected chi connectivity index (χ3v) is 7.76. The Balaban J connectivity index is 2.87. The van der Waals surface area contributed by atoms with Gasteiger partial charge < -0.3 is 5.32 Å². The molecule has 4 nitrogen and oxygen atoms in total. The summed E-state index contributed by atoms with van der Waals surface area (Å²) in [5, 5.41) is 4.82. The van der Waals surface area contributed by atoms with Crippen LogP contribution in [0, 0.1) is 0 Å². The highest BCUT2D eigenvalue weighted by Gasteiger charge is 2.28. The number of nitrogens with one attached hydrogen (secondary N) is 2. The molecule has 116 valence electrons. The van der Waals surface area contributed by atoms with Gasteiger partial charge in [0.2, 0.25) is 10.0 Å². The van der Waals surface area contributed by atoms with Crippen LogP contribution in [-0.2, 0) is 16.6 Å². The van der Waals surface area contributed by atoms with Crippen molar-refractivity contribution in [1.29, 1.82) is 0 Å². The number of hydrogen-bond donors (Lipinski definition) is 2. The summed E-state index contributed by atoms with van der Waals surface area (Å²) in [5.74, 6) is 0. The molecule has 0 radical (unpaired) electrons. The lowest BCUT2D eigenvalue weighted by Crippen LogP contribution is -2.39. The number of sulfonamides is 1. The first kappa shape index (κ1) is 18.0. The summed E-state index contributed by atoms with van der Waals surface area (Å²) in [6.07, 6.45) is 3.93. The van der Waals surface area contributed by atoms with Crippen LogP contribution < -0.4 is 10.0 Å². The lowest BCUT2D eigenvalue weighted by Gasteiger charge is -2.29. The molecule has 0 saturated carbocycles. The number of thioether (sulfide) groups is 1. The monoisotopic (exact) mass is 336 g/mol. The SMILES string of the molecule is CCC(CC)(CNS(=O)(=O)c1ccsc1CNC)SC. The van der Waals surface area contributed by atoms with Crippen molar-refractivity contribution >= 4 is 33.1 Å². The van der Waals surface area contributed by atoms with Gasteiger partial charge in [-0.05, 0) is 37.6 Å². The smallest absolute Gasteiger partial charge is 0.241 e. The first-order valence-corrected chi connectivity index (χ1v) is 10.3. The molecule has 0 aromatic carbocycles. The van der Waals surface area contributed by atoms with Crippen LogP contribution >= 0.6 is 23.1 Å². The molecule has 0 amide bonds. The maximum atomic E-state index is 12.4. The molecule has 0 aliphatic heterocycles. The molecule has 20 heavy (non-hydrogen) atoms. The van der Waals surface area contributed by atoms with E-state index < -0.39 is 10.0 Å². The number of rotatable bonds is 9. The lowest BCUT2D eigenvalue weighted by molar-refractivity contribution is 0.521. The summed E-state index contributed by atoms with van der Waals surface area (Å²) in [4.78, 5) is 1.25. The van der Waals surface area contributed by atoms with Gasteiger partial charge in [-0.1, -0.05) is 13.8 Å². The fourth-order valence-electron chi connectivity index (χ4n) is 2.02. The summed E-state index contributed by atoms with van der Waals surface area (Å²) in [6.45, 7) is 5.25. The standard InChI is InChI=1S/C13H24N2O2S3/c1-5-13(6-2,18-4)10-15-20(16,17)12-7-8-19-11(12)9-14-3/h7-8,14-15H,5-6,9-10H2,1-4H3. The van der Waals surface area contributed by atoms with E-state index in [4.69, 9.17) is 0 Å². The van der Waals surface area contributed by atoms with Gasteiger partial charge in [0.25, 0.3) is 0 Å². The van der Waals surface area contributed by atoms with E-state index in [-0.39, 0.29) is 4.75 Å². The molecule has 1 aromatic rings. The van der Waals surface area contributed by atoms with Gasteiger partial charge in [-0.25, -0.2) is 13.1 Å². The molecule has 0 aliphatic rings. The third-order valence-electron chi connectivity index (χ3n) is 3.64. The van der Waals surface area contributed by atoms with Crippen molar-refractivity contribution in [3.8, 4) is 0 Å². The molecule has 1 aromatic heterocycles. The number of thiophene rings is 1. The highest BCUT2D eigenvalue weighted by atomic mass is 32.2. The first-order chi connectivity index (χ1) is 9.44. The fourth-order valence-corrected chi connectivity index (χ4v) is 5.49. The molecule has 1 heterocycles. The molecule has 0 unspecified atom stereocenters. The van der Waals surface area contributed by atoms with Crippen LogP contribution in [0.1, 0.15) is 31.6 Å². The van der Waals surface area contributed by atoms with Gasteiger partial charge in [-0.15, -0.1) is 11.3 Å². The van der Waals surface area contributed by atoms with Gasteiger partial charge in [-0.2, -0.15) is 11.8 Å². The van der Waals surface area contributed by atoms with Gasteiger partial charge >= 0.3 is 0 Å². The van der Waals surface area contributed by atoms with E-state index >= 15 is 0 Å². The summed E-state index contributed by atoms with van der Waals surface area (Å²) >= 11 is 3.20. The molecule has 0 spiro atoms. The van der Waals surface area contributed by atoms with Gasteiger partial charge in [-0.3, -0.25) is 0 Å². The van der Waals surface area contributed by atoms with Gasteiger partial charge in [0.15, 0.2) is 0 Å². The number of hydrogen-bond acceptors (Lipinski definition) is 5. The van der Waals surface area contributed by atoms with E-state index in [0.29, 0.717) is 18.0 Å². The molecule has 7 heteroatoms. The Bertz CT molecular complexity index is 499. The van der Waals surface area contributed by atoms with E-state index in [9.17, 15) is 8.42 Å². The second-order valence-corrected chi connectivity index (χ2v) is 8.67. The van der Waals surface area contributed by atoms with Crippen LogP contribution in [-0.4, -0.2) is 33.0 Å². The Labute approximate surface area is 130 Å². The molecule has 1 rings (SSSR count). The van der Waals surface area contributed by atoms with Crippen LogP contribution in [0.3, 0.4) is 0 Å². The summed E-state index contributed by atoms with van der Waals surface area (Å²) in [6, 6.07) is 1.68. The van der Waals surface area contributed by atoms with Crippen molar-refractivity contribution in [1.82, 2.24) is 10.0 Å². The fraction of sp³-hybridized carbons (Fsp3) is 0.692. The molecule has 2 N–H and O–H groups in total. The molecular formula is C13H24N2O2S3. The van der Waals surface area contributed by atoms with Gasteiger partial charge in [0.1, 0.15) is 0 Å². The molecule has 0 fully saturated rings. The Morgan fingerprint density at radius 2 is 2.00 bits per heavy atom. The average molecular weight is 337 g/mol. The molecule has 0 atom stereocenters. The van der Waals surface area contributed by atoms with Crippen LogP contribution in [0.25, 0.3) is 0 Å². The van der Waals surface area contributed by atoms with E-state index in [1.807, 2.05) is 18.7 Å². The molecular weight excluding hydrogens is 312 g/mol. The summed E-state index contributed by atoms with van der Waals surface area (Å²) in [5.41, 5.74) is 0.